The summed E-state index contributed by atoms with van der Waals surface area (Å²) in [5.41, 5.74) is 1.34. The molecule has 0 heterocycles. The van der Waals surface area contributed by atoms with E-state index in [0.717, 1.165) is 12.2 Å². The number of carbonyl (C=O) groups excluding carboxylic acids is 1. The lowest BCUT2D eigenvalue weighted by Gasteiger charge is -2.11. The Kier molecular flexibility index (Phi) is 4.93. The maximum absolute atomic E-state index is 11.7. The fraction of sp³-hybridized carbons (Fsp3) is 0.467. The van der Waals surface area contributed by atoms with E-state index in [1.54, 1.807) is 24.3 Å². The lowest BCUT2D eigenvalue weighted by atomic mass is 10.2. The summed E-state index contributed by atoms with van der Waals surface area (Å²) < 4.78 is 0. The van der Waals surface area contributed by atoms with Crippen LogP contribution in [0.4, 0.5) is 5.69 Å². The average Bonchev–Trinajstić information content (AvgIpc) is 2.93. The van der Waals surface area contributed by atoms with E-state index in [2.05, 4.69) is 16.7 Å². The zero-order valence-corrected chi connectivity index (χ0v) is 11.0. The van der Waals surface area contributed by atoms with Crippen molar-refractivity contribution in [2.24, 2.45) is 0 Å². The van der Waals surface area contributed by atoms with Crippen molar-refractivity contribution in [1.29, 1.82) is 5.26 Å². The van der Waals surface area contributed by atoms with E-state index in [1.165, 1.54) is 25.7 Å². The Balaban J connectivity index is 1.69. The maximum atomic E-state index is 11.7. The van der Waals surface area contributed by atoms with Crippen LogP contribution in [0.3, 0.4) is 0 Å². The number of nitrogens with zero attached hydrogens (tertiary/aromatic N) is 1. The van der Waals surface area contributed by atoms with E-state index >= 15 is 0 Å². The van der Waals surface area contributed by atoms with Gasteiger partial charge >= 0.3 is 0 Å². The third kappa shape index (κ3) is 4.38. The molecule has 0 aliphatic heterocycles. The number of hydrogen-bond acceptors (Lipinski definition) is 3. The van der Waals surface area contributed by atoms with Gasteiger partial charge in [0.2, 0.25) is 5.91 Å². The van der Waals surface area contributed by atoms with Crippen LogP contribution in [0.2, 0.25) is 0 Å². The third-order valence-electron chi connectivity index (χ3n) is 3.44. The first-order valence-electron chi connectivity index (χ1n) is 6.81. The van der Waals surface area contributed by atoms with E-state index in [4.69, 9.17) is 5.26 Å². The third-order valence-corrected chi connectivity index (χ3v) is 3.44. The summed E-state index contributed by atoms with van der Waals surface area (Å²) in [6.45, 7) is 0.729. The average molecular weight is 257 g/mol. The number of hydrogen-bond donors (Lipinski definition) is 2. The van der Waals surface area contributed by atoms with E-state index in [1.807, 2.05) is 0 Å². The van der Waals surface area contributed by atoms with Gasteiger partial charge < -0.3 is 10.6 Å². The van der Waals surface area contributed by atoms with Crippen molar-refractivity contribution in [2.75, 3.05) is 11.9 Å². The van der Waals surface area contributed by atoms with E-state index in [0.29, 0.717) is 18.0 Å². The molecular formula is C15H19N3O. The first-order chi connectivity index (χ1) is 9.28. The van der Waals surface area contributed by atoms with Crippen molar-refractivity contribution in [3.8, 4) is 6.07 Å². The predicted molar refractivity (Wildman–Crippen MR) is 74.7 cm³/mol. The van der Waals surface area contributed by atoms with Crippen molar-refractivity contribution in [2.45, 2.75) is 38.1 Å². The van der Waals surface area contributed by atoms with Gasteiger partial charge in [0, 0.05) is 24.7 Å². The standard InChI is InChI=1S/C15H19N3O/c16-11-12-5-7-14(8-6-12)18-15(19)9-10-17-13-3-1-2-4-13/h5-8,13,17H,1-4,9-10H2,(H,18,19). The molecule has 1 aliphatic carbocycles. The number of nitriles is 1. The molecule has 4 heteroatoms. The summed E-state index contributed by atoms with van der Waals surface area (Å²) in [5, 5.41) is 14.9. The van der Waals surface area contributed by atoms with Crippen LogP contribution in [0.25, 0.3) is 0 Å². The van der Waals surface area contributed by atoms with Crippen LogP contribution in [0.1, 0.15) is 37.7 Å². The van der Waals surface area contributed by atoms with Gasteiger partial charge in [-0.15, -0.1) is 0 Å². The van der Waals surface area contributed by atoms with Gasteiger partial charge in [-0.05, 0) is 37.1 Å². The Morgan fingerprint density at radius 3 is 2.58 bits per heavy atom. The van der Waals surface area contributed by atoms with Crippen molar-refractivity contribution in [3.63, 3.8) is 0 Å². The number of anilines is 1. The fourth-order valence-electron chi connectivity index (χ4n) is 2.37. The van der Waals surface area contributed by atoms with Gasteiger partial charge in [0.15, 0.2) is 0 Å². The molecule has 0 spiro atoms. The van der Waals surface area contributed by atoms with Crippen molar-refractivity contribution < 1.29 is 4.79 Å². The minimum Gasteiger partial charge on any atom is -0.326 e. The molecule has 19 heavy (non-hydrogen) atoms. The van der Waals surface area contributed by atoms with Crippen molar-refractivity contribution in [1.82, 2.24) is 5.32 Å². The summed E-state index contributed by atoms with van der Waals surface area (Å²) in [5.74, 6) is 0.00945. The molecule has 1 aromatic carbocycles. The molecule has 0 radical (unpaired) electrons. The van der Waals surface area contributed by atoms with Gasteiger partial charge in [0.25, 0.3) is 0 Å². The molecule has 1 aliphatic rings. The highest BCUT2D eigenvalue weighted by atomic mass is 16.1. The summed E-state index contributed by atoms with van der Waals surface area (Å²) >= 11 is 0. The Hall–Kier alpha value is -1.86. The molecule has 0 unspecified atom stereocenters. The Labute approximate surface area is 113 Å². The number of benzene rings is 1. The second kappa shape index (κ2) is 6.91. The normalized spacial score (nSPS) is 15.1. The Morgan fingerprint density at radius 2 is 1.95 bits per heavy atom. The number of amides is 1. The van der Waals surface area contributed by atoms with Crippen molar-refractivity contribution in [3.05, 3.63) is 29.8 Å². The molecule has 1 saturated carbocycles. The molecule has 1 aromatic rings. The number of carbonyl (C=O) groups is 1. The molecule has 0 bridgehead atoms. The topological polar surface area (TPSA) is 64.9 Å². The summed E-state index contributed by atoms with van der Waals surface area (Å²) in [7, 11) is 0. The van der Waals surface area contributed by atoms with E-state index in [-0.39, 0.29) is 5.91 Å². The second-order valence-corrected chi connectivity index (χ2v) is 4.92. The lowest BCUT2D eigenvalue weighted by molar-refractivity contribution is -0.116. The quantitative estimate of drug-likeness (QED) is 0.851. The minimum absolute atomic E-state index is 0.00945. The highest BCUT2D eigenvalue weighted by molar-refractivity contribution is 5.90. The largest absolute Gasteiger partial charge is 0.326 e. The first-order valence-corrected chi connectivity index (χ1v) is 6.81. The zero-order chi connectivity index (χ0) is 13.5. The second-order valence-electron chi connectivity index (χ2n) is 4.92. The smallest absolute Gasteiger partial charge is 0.225 e. The van der Waals surface area contributed by atoms with Gasteiger partial charge in [-0.1, -0.05) is 12.8 Å². The van der Waals surface area contributed by atoms with Gasteiger partial charge in [-0.3, -0.25) is 4.79 Å². The van der Waals surface area contributed by atoms with Gasteiger partial charge in [0.1, 0.15) is 0 Å². The van der Waals surface area contributed by atoms with Gasteiger partial charge in [-0.25, -0.2) is 0 Å². The number of rotatable bonds is 5. The van der Waals surface area contributed by atoms with Crippen LogP contribution < -0.4 is 10.6 Å². The van der Waals surface area contributed by atoms with Crippen LogP contribution in [-0.4, -0.2) is 18.5 Å². The van der Waals surface area contributed by atoms with Crippen LogP contribution in [-0.2, 0) is 4.79 Å². The monoisotopic (exact) mass is 257 g/mol. The lowest BCUT2D eigenvalue weighted by Crippen LogP contribution is -2.29. The van der Waals surface area contributed by atoms with Crippen LogP contribution in [0, 0.1) is 11.3 Å². The van der Waals surface area contributed by atoms with Crippen LogP contribution in [0.5, 0.6) is 0 Å². The van der Waals surface area contributed by atoms with Gasteiger partial charge in [-0.2, -0.15) is 5.26 Å². The summed E-state index contributed by atoms with van der Waals surface area (Å²) in [6, 6.07) is 9.55. The van der Waals surface area contributed by atoms with E-state index in [9.17, 15) is 4.79 Å². The molecule has 4 nitrogen and oxygen atoms in total. The molecule has 2 rings (SSSR count). The zero-order valence-electron chi connectivity index (χ0n) is 11.0. The van der Waals surface area contributed by atoms with Crippen molar-refractivity contribution >= 4 is 11.6 Å². The highest BCUT2D eigenvalue weighted by Crippen LogP contribution is 2.17. The summed E-state index contributed by atoms with van der Waals surface area (Å²) in [4.78, 5) is 11.7. The fourth-order valence-corrected chi connectivity index (χ4v) is 2.37. The molecule has 1 amide bonds. The highest BCUT2D eigenvalue weighted by Gasteiger charge is 2.14. The minimum atomic E-state index is 0.00945. The molecule has 2 N–H and O–H groups in total. The Morgan fingerprint density at radius 1 is 1.26 bits per heavy atom. The molecule has 0 saturated heterocycles. The van der Waals surface area contributed by atoms with Gasteiger partial charge in [0.05, 0.1) is 11.6 Å². The Bertz CT molecular complexity index is 455. The molecule has 0 atom stereocenters. The van der Waals surface area contributed by atoms with Crippen LogP contribution in [0.15, 0.2) is 24.3 Å². The first kappa shape index (κ1) is 13.6. The summed E-state index contributed by atoms with van der Waals surface area (Å²) in [6.07, 6.45) is 5.55. The molecule has 1 fully saturated rings. The molecule has 100 valence electrons. The predicted octanol–water partition coefficient (Wildman–Crippen LogP) is 2.42. The SMILES string of the molecule is N#Cc1ccc(NC(=O)CCNC2CCCC2)cc1. The molecule has 0 aromatic heterocycles. The number of nitrogens with one attached hydrogen (secondary N) is 2. The van der Waals surface area contributed by atoms with Crippen LogP contribution >= 0.6 is 0 Å². The van der Waals surface area contributed by atoms with E-state index < -0.39 is 0 Å². The molecular weight excluding hydrogens is 238 g/mol. The maximum Gasteiger partial charge on any atom is 0.225 e.